The van der Waals surface area contributed by atoms with Crippen LogP contribution in [0.1, 0.15) is 38.7 Å². The van der Waals surface area contributed by atoms with Gasteiger partial charge in [0.1, 0.15) is 5.75 Å². The number of halogens is 1. The Balaban J connectivity index is 0.00000392. The number of benzene rings is 1. The van der Waals surface area contributed by atoms with Gasteiger partial charge in [-0.25, -0.2) is 4.79 Å². The lowest BCUT2D eigenvalue weighted by atomic mass is 10.1. The van der Waals surface area contributed by atoms with Crippen molar-refractivity contribution in [3.63, 3.8) is 0 Å². The zero-order valence-corrected chi connectivity index (χ0v) is 19.2. The quantitative estimate of drug-likeness (QED) is 0.323. The van der Waals surface area contributed by atoms with E-state index in [1.807, 2.05) is 19.1 Å². The number of piperidine rings is 1. The topological polar surface area (TPSA) is 89.2 Å². The first kappa shape index (κ1) is 24.3. The standard InChI is InChI=1S/C20H32N4O3.HI/c1-3-14-27-18-7-5-6-16(15-18)8-11-22-19(21)23-17-9-12-24(13-10-17)20(25)26-4-2;/h5-7,15,17H,3-4,8-14H2,1-2H3,(H3,21,22,23);1H. The second-order valence-corrected chi connectivity index (χ2v) is 6.62. The number of hydrogen-bond donors (Lipinski definition) is 2. The van der Waals surface area contributed by atoms with Crippen LogP contribution in [0.5, 0.6) is 5.75 Å². The largest absolute Gasteiger partial charge is 0.494 e. The van der Waals surface area contributed by atoms with Crippen LogP contribution in [-0.4, -0.2) is 55.8 Å². The second kappa shape index (κ2) is 13.5. The van der Waals surface area contributed by atoms with E-state index in [0.29, 0.717) is 32.2 Å². The van der Waals surface area contributed by atoms with E-state index in [9.17, 15) is 4.79 Å². The number of hydrogen-bond acceptors (Lipinski definition) is 4. The Morgan fingerprint density at radius 1 is 1.32 bits per heavy atom. The third kappa shape index (κ3) is 8.53. The van der Waals surface area contributed by atoms with Crippen LogP contribution in [0.25, 0.3) is 0 Å². The minimum absolute atomic E-state index is 0. The van der Waals surface area contributed by atoms with Crippen molar-refractivity contribution in [3.05, 3.63) is 29.8 Å². The zero-order chi connectivity index (χ0) is 19.5. The van der Waals surface area contributed by atoms with Gasteiger partial charge in [-0.2, -0.15) is 0 Å². The van der Waals surface area contributed by atoms with Gasteiger partial charge < -0.3 is 25.4 Å². The van der Waals surface area contributed by atoms with Crippen molar-refractivity contribution in [2.75, 3.05) is 32.8 Å². The van der Waals surface area contributed by atoms with Crippen molar-refractivity contribution in [2.45, 2.75) is 45.6 Å². The first-order valence-corrected chi connectivity index (χ1v) is 9.82. The van der Waals surface area contributed by atoms with Gasteiger partial charge in [0, 0.05) is 25.7 Å². The maximum Gasteiger partial charge on any atom is 0.409 e. The molecule has 0 radical (unpaired) electrons. The number of carbonyl (C=O) groups excluding carboxylic acids is 1. The highest BCUT2D eigenvalue weighted by Gasteiger charge is 2.23. The fourth-order valence-electron chi connectivity index (χ4n) is 2.99. The number of nitrogens with one attached hydrogen (secondary N) is 1. The molecule has 1 saturated heterocycles. The maximum absolute atomic E-state index is 11.7. The van der Waals surface area contributed by atoms with Gasteiger partial charge >= 0.3 is 6.09 Å². The van der Waals surface area contributed by atoms with Crippen LogP contribution in [0.15, 0.2) is 29.3 Å². The molecule has 1 fully saturated rings. The molecule has 3 N–H and O–H groups in total. The number of amides is 1. The third-order valence-electron chi connectivity index (χ3n) is 4.43. The summed E-state index contributed by atoms with van der Waals surface area (Å²) in [5, 5.41) is 3.26. The smallest absolute Gasteiger partial charge is 0.409 e. The Bertz CT molecular complexity index is 619. The number of ether oxygens (including phenoxy) is 2. The van der Waals surface area contributed by atoms with Gasteiger partial charge in [-0.1, -0.05) is 19.1 Å². The average molecular weight is 504 g/mol. The molecule has 1 aromatic carbocycles. The number of guanidine groups is 1. The fraction of sp³-hybridized carbons (Fsp3) is 0.600. The van der Waals surface area contributed by atoms with Gasteiger partial charge in [0.25, 0.3) is 0 Å². The van der Waals surface area contributed by atoms with E-state index in [2.05, 4.69) is 29.4 Å². The summed E-state index contributed by atoms with van der Waals surface area (Å²) in [6.45, 7) is 7.02. The summed E-state index contributed by atoms with van der Waals surface area (Å²) in [5.41, 5.74) is 7.20. The molecule has 28 heavy (non-hydrogen) atoms. The molecule has 8 heteroatoms. The monoisotopic (exact) mass is 504 g/mol. The molecule has 0 bridgehead atoms. The third-order valence-corrected chi connectivity index (χ3v) is 4.43. The number of rotatable bonds is 8. The van der Waals surface area contributed by atoms with Crippen molar-refractivity contribution in [2.24, 2.45) is 10.7 Å². The van der Waals surface area contributed by atoms with Crippen LogP contribution < -0.4 is 15.8 Å². The molecule has 1 amide bonds. The highest BCUT2D eigenvalue weighted by Crippen LogP contribution is 2.14. The van der Waals surface area contributed by atoms with E-state index in [4.69, 9.17) is 15.2 Å². The molecule has 158 valence electrons. The van der Waals surface area contributed by atoms with Gasteiger partial charge in [-0.15, -0.1) is 24.0 Å². The molecule has 0 atom stereocenters. The summed E-state index contributed by atoms with van der Waals surface area (Å²) in [4.78, 5) is 17.9. The number of aliphatic imine (C=N–C) groups is 1. The molecule has 1 aliphatic rings. The molecule has 1 aliphatic heterocycles. The van der Waals surface area contributed by atoms with E-state index in [-0.39, 0.29) is 36.1 Å². The van der Waals surface area contributed by atoms with Crippen molar-refractivity contribution < 1.29 is 14.3 Å². The van der Waals surface area contributed by atoms with Crippen LogP contribution in [0.2, 0.25) is 0 Å². The molecule has 0 aliphatic carbocycles. The first-order chi connectivity index (χ1) is 13.1. The van der Waals surface area contributed by atoms with Crippen molar-refractivity contribution in [3.8, 4) is 5.75 Å². The maximum atomic E-state index is 11.7. The number of nitrogens with two attached hydrogens (primary N) is 1. The van der Waals surface area contributed by atoms with Crippen molar-refractivity contribution >= 4 is 36.0 Å². The molecular weight excluding hydrogens is 471 g/mol. The van der Waals surface area contributed by atoms with Gasteiger partial charge in [-0.05, 0) is 50.3 Å². The fourth-order valence-corrected chi connectivity index (χ4v) is 2.99. The molecule has 0 spiro atoms. The molecule has 0 unspecified atom stereocenters. The summed E-state index contributed by atoms with van der Waals surface area (Å²) < 4.78 is 10.7. The lowest BCUT2D eigenvalue weighted by molar-refractivity contribution is 0.0963. The van der Waals surface area contributed by atoms with E-state index in [1.165, 1.54) is 5.56 Å². The Morgan fingerprint density at radius 3 is 2.75 bits per heavy atom. The lowest BCUT2D eigenvalue weighted by Crippen LogP contribution is -2.48. The molecule has 2 rings (SSSR count). The zero-order valence-electron chi connectivity index (χ0n) is 16.9. The van der Waals surface area contributed by atoms with Crippen molar-refractivity contribution in [1.29, 1.82) is 0 Å². The lowest BCUT2D eigenvalue weighted by Gasteiger charge is -2.31. The predicted molar refractivity (Wildman–Crippen MR) is 123 cm³/mol. The van der Waals surface area contributed by atoms with Crippen LogP contribution in [0.3, 0.4) is 0 Å². The van der Waals surface area contributed by atoms with Gasteiger partial charge in [-0.3, -0.25) is 4.99 Å². The van der Waals surface area contributed by atoms with Crippen molar-refractivity contribution in [1.82, 2.24) is 10.2 Å². The first-order valence-electron chi connectivity index (χ1n) is 9.82. The predicted octanol–water partition coefficient (Wildman–Crippen LogP) is 3.16. The summed E-state index contributed by atoms with van der Waals surface area (Å²) in [5.74, 6) is 1.36. The molecule has 7 nitrogen and oxygen atoms in total. The summed E-state index contributed by atoms with van der Waals surface area (Å²) >= 11 is 0. The Labute approximate surface area is 185 Å². The molecule has 1 heterocycles. The molecule has 0 saturated carbocycles. The average Bonchev–Trinajstić information content (AvgIpc) is 2.67. The Morgan fingerprint density at radius 2 is 2.07 bits per heavy atom. The Kier molecular flexibility index (Phi) is 11.7. The van der Waals surface area contributed by atoms with Crippen LogP contribution in [-0.2, 0) is 11.2 Å². The van der Waals surface area contributed by atoms with Gasteiger partial charge in [0.15, 0.2) is 5.96 Å². The minimum atomic E-state index is -0.234. The van der Waals surface area contributed by atoms with E-state index in [1.54, 1.807) is 4.90 Å². The van der Waals surface area contributed by atoms with Crippen LogP contribution in [0, 0.1) is 0 Å². The number of carbonyl (C=O) groups is 1. The second-order valence-electron chi connectivity index (χ2n) is 6.62. The highest BCUT2D eigenvalue weighted by atomic mass is 127. The number of likely N-dealkylation sites (tertiary alicyclic amines) is 1. The van der Waals surface area contributed by atoms with Crippen LogP contribution >= 0.6 is 24.0 Å². The van der Waals surface area contributed by atoms with E-state index in [0.717, 1.165) is 38.0 Å². The minimum Gasteiger partial charge on any atom is -0.494 e. The SMILES string of the molecule is CCCOc1cccc(CCN=C(N)NC2CCN(C(=O)OCC)CC2)c1.I. The van der Waals surface area contributed by atoms with Crippen LogP contribution in [0.4, 0.5) is 4.79 Å². The summed E-state index contributed by atoms with van der Waals surface area (Å²) in [6.07, 6.45) is 3.25. The molecule has 0 aromatic heterocycles. The normalized spacial score (nSPS) is 14.9. The molecular formula is C20H33IN4O3. The van der Waals surface area contributed by atoms with Gasteiger partial charge in [0.05, 0.1) is 13.2 Å². The summed E-state index contributed by atoms with van der Waals surface area (Å²) in [7, 11) is 0. The Hall–Kier alpha value is -1.71. The van der Waals surface area contributed by atoms with E-state index < -0.39 is 0 Å². The van der Waals surface area contributed by atoms with Gasteiger partial charge in [0.2, 0.25) is 0 Å². The summed E-state index contributed by atoms with van der Waals surface area (Å²) in [6, 6.07) is 8.35. The highest BCUT2D eigenvalue weighted by molar-refractivity contribution is 14.0. The van der Waals surface area contributed by atoms with E-state index >= 15 is 0 Å². The number of nitrogens with zero attached hydrogens (tertiary/aromatic N) is 2. The molecule has 1 aromatic rings.